The Morgan fingerprint density at radius 3 is 2.90 bits per heavy atom. The fourth-order valence-electron chi connectivity index (χ4n) is 1.74. The van der Waals surface area contributed by atoms with E-state index in [-0.39, 0.29) is 12.5 Å². The molecule has 1 amide bonds. The summed E-state index contributed by atoms with van der Waals surface area (Å²) in [6, 6.07) is 10.7. The van der Waals surface area contributed by atoms with Crippen molar-refractivity contribution in [2.45, 2.75) is 6.10 Å². The SMILES string of the molecule is O=C(N/N=C\c1ccco1)[C@H]1COc2ccccc2O1. The Hall–Kier alpha value is -2.76. The van der Waals surface area contributed by atoms with Gasteiger partial charge in [-0.25, -0.2) is 5.43 Å². The van der Waals surface area contributed by atoms with Crippen molar-refractivity contribution in [1.29, 1.82) is 0 Å². The molecule has 0 fully saturated rings. The standard InChI is InChI=1S/C14H12N2O4/c17-14(16-15-8-10-4-3-7-18-10)13-9-19-11-5-1-2-6-12(11)20-13/h1-8,13H,9H2,(H,16,17)/b15-8-/t13-/m1/s1. The average molecular weight is 272 g/mol. The second-order valence-electron chi connectivity index (χ2n) is 4.11. The Kier molecular flexibility index (Phi) is 3.36. The molecule has 0 saturated heterocycles. The van der Waals surface area contributed by atoms with Crippen molar-refractivity contribution in [1.82, 2.24) is 5.43 Å². The summed E-state index contributed by atoms with van der Waals surface area (Å²) < 4.78 is 16.1. The van der Waals surface area contributed by atoms with Crippen LogP contribution in [0.3, 0.4) is 0 Å². The van der Waals surface area contributed by atoms with Crippen LogP contribution in [0.2, 0.25) is 0 Å². The van der Waals surface area contributed by atoms with E-state index in [1.807, 2.05) is 12.1 Å². The molecule has 1 aliphatic rings. The van der Waals surface area contributed by atoms with Crippen LogP contribution in [0.4, 0.5) is 0 Å². The summed E-state index contributed by atoms with van der Waals surface area (Å²) in [7, 11) is 0. The highest BCUT2D eigenvalue weighted by Gasteiger charge is 2.26. The third kappa shape index (κ3) is 2.64. The second-order valence-corrected chi connectivity index (χ2v) is 4.11. The van der Waals surface area contributed by atoms with Crippen molar-refractivity contribution in [2.75, 3.05) is 6.61 Å². The van der Waals surface area contributed by atoms with Gasteiger partial charge in [0.1, 0.15) is 12.4 Å². The zero-order valence-corrected chi connectivity index (χ0v) is 10.5. The van der Waals surface area contributed by atoms with E-state index in [4.69, 9.17) is 13.9 Å². The van der Waals surface area contributed by atoms with Crippen molar-refractivity contribution in [3.8, 4) is 11.5 Å². The number of amides is 1. The molecule has 1 aromatic carbocycles. The highest BCUT2D eigenvalue weighted by molar-refractivity contribution is 5.83. The van der Waals surface area contributed by atoms with Crippen LogP contribution in [0.5, 0.6) is 11.5 Å². The van der Waals surface area contributed by atoms with E-state index in [9.17, 15) is 4.79 Å². The second kappa shape index (κ2) is 5.48. The Labute approximate surface area is 115 Å². The number of rotatable bonds is 3. The summed E-state index contributed by atoms with van der Waals surface area (Å²) >= 11 is 0. The van der Waals surface area contributed by atoms with E-state index in [0.717, 1.165) is 0 Å². The summed E-state index contributed by atoms with van der Waals surface area (Å²) in [4.78, 5) is 11.9. The molecule has 102 valence electrons. The van der Waals surface area contributed by atoms with Crippen LogP contribution in [0, 0.1) is 0 Å². The molecule has 0 aliphatic carbocycles. The molecule has 0 saturated carbocycles. The first-order valence-electron chi connectivity index (χ1n) is 6.08. The van der Waals surface area contributed by atoms with Gasteiger partial charge in [0.2, 0.25) is 6.10 Å². The van der Waals surface area contributed by atoms with E-state index < -0.39 is 6.10 Å². The highest BCUT2D eigenvalue weighted by Crippen LogP contribution is 2.30. The van der Waals surface area contributed by atoms with Gasteiger partial charge in [-0.2, -0.15) is 5.10 Å². The monoisotopic (exact) mass is 272 g/mol. The fraction of sp³-hybridized carbons (Fsp3) is 0.143. The van der Waals surface area contributed by atoms with Gasteiger partial charge in [0.25, 0.3) is 5.91 Å². The van der Waals surface area contributed by atoms with Gasteiger partial charge in [-0.3, -0.25) is 4.79 Å². The summed E-state index contributed by atoms with van der Waals surface area (Å²) in [5.41, 5.74) is 2.39. The van der Waals surface area contributed by atoms with Crippen molar-refractivity contribution in [3.05, 3.63) is 48.4 Å². The molecule has 6 heteroatoms. The first-order valence-corrected chi connectivity index (χ1v) is 6.08. The van der Waals surface area contributed by atoms with Gasteiger partial charge < -0.3 is 13.9 Å². The minimum Gasteiger partial charge on any atom is -0.485 e. The lowest BCUT2D eigenvalue weighted by Crippen LogP contribution is -2.42. The van der Waals surface area contributed by atoms with Gasteiger partial charge in [0, 0.05) is 0 Å². The predicted molar refractivity (Wildman–Crippen MR) is 70.8 cm³/mol. The van der Waals surface area contributed by atoms with Crippen LogP contribution in [0.25, 0.3) is 0 Å². The minimum atomic E-state index is -0.723. The first kappa shape index (κ1) is 12.3. The Bertz CT molecular complexity index is 622. The lowest BCUT2D eigenvalue weighted by Gasteiger charge is -2.24. The van der Waals surface area contributed by atoms with Gasteiger partial charge in [0.15, 0.2) is 11.5 Å². The third-order valence-electron chi connectivity index (χ3n) is 2.71. The number of hydrogen-bond donors (Lipinski definition) is 1. The van der Waals surface area contributed by atoms with Crippen molar-refractivity contribution >= 4 is 12.1 Å². The van der Waals surface area contributed by atoms with E-state index >= 15 is 0 Å². The summed E-state index contributed by atoms with van der Waals surface area (Å²) in [5.74, 6) is 1.36. The number of hydrazone groups is 1. The zero-order valence-electron chi connectivity index (χ0n) is 10.5. The van der Waals surface area contributed by atoms with Gasteiger partial charge in [0.05, 0.1) is 12.5 Å². The molecule has 0 unspecified atom stereocenters. The average Bonchev–Trinajstić information content (AvgIpc) is 3.00. The number of nitrogens with one attached hydrogen (secondary N) is 1. The smallest absolute Gasteiger partial charge is 0.284 e. The summed E-state index contributed by atoms with van der Waals surface area (Å²) in [6.07, 6.45) is 2.21. The molecule has 3 rings (SSSR count). The number of fused-ring (bicyclic) bond motifs is 1. The van der Waals surface area contributed by atoms with Gasteiger partial charge in [-0.05, 0) is 24.3 Å². The van der Waals surface area contributed by atoms with E-state index in [0.29, 0.717) is 17.3 Å². The lowest BCUT2D eigenvalue weighted by atomic mass is 10.2. The fourth-order valence-corrected chi connectivity index (χ4v) is 1.74. The Balaban J connectivity index is 1.59. The number of hydrogen-bond acceptors (Lipinski definition) is 5. The van der Waals surface area contributed by atoms with Crippen LogP contribution in [-0.4, -0.2) is 24.8 Å². The van der Waals surface area contributed by atoms with Crippen LogP contribution < -0.4 is 14.9 Å². The molecule has 0 radical (unpaired) electrons. The predicted octanol–water partition coefficient (Wildman–Crippen LogP) is 1.57. The molecule has 2 aromatic rings. The van der Waals surface area contributed by atoms with E-state index in [2.05, 4.69) is 10.5 Å². The van der Waals surface area contributed by atoms with Gasteiger partial charge in [-0.15, -0.1) is 0 Å². The Morgan fingerprint density at radius 1 is 1.25 bits per heavy atom. The minimum absolute atomic E-state index is 0.152. The number of ether oxygens (including phenoxy) is 2. The highest BCUT2D eigenvalue weighted by atomic mass is 16.6. The number of para-hydroxylation sites is 2. The lowest BCUT2D eigenvalue weighted by molar-refractivity contribution is -0.130. The molecule has 0 bridgehead atoms. The van der Waals surface area contributed by atoms with Gasteiger partial charge >= 0.3 is 0 Å². The van der Waals surface area contributed by atoms with Crippen LogP contribution in [-0.2, 0) is 4.79 Å². The van der Waals surface area contributed by atoms with Crippen molar-refractivity contribution in [2.24, 2.45) is 5.10 Å². The topological polar surface area (TPSA) is 73.1 Å². The molecule has 6 nitrogen and oxygen atoms in total. The molecule has 1 aromatic heterocycles. The molecule has 1 atom stereocenters. The maximum absolute atomic E-state index is 11.9. The van der Waals surface area contributed by atoms with E-state index in [1.54, 1.807) is 24.3 Å². The molecule has 0 spiro atoms. The van der Waals surface area contributed by atoms with E-state index in [1.165, 1.54) is 12.5 Å². The molecule has 2 heterocycles. The molecule has 1 N–H and O–H groups in total. The number of carbonyl (C=O) groups excluding carboxylic acids is 1. The number of nitrogens with zero attached hydrogens (tertiary/aromatic N) is 1. The van der Waals surface area contributed by atoms with Crippen molar-refractivity contribution in [3.63, 3.8) is 0 Å². The molecule has 20 heavy (non-hydrogen) atoms. The summed E-state index contributed by atoms with van der Waals surface area (Å²) in [5, 5.41) is 3.79. The van der Waals surface area contributed by atoms with Gasteiger partial charge in [-0.1, -0.05) is 12.1 Å². The quantitative estimate of drug-likeness (QED) is 0.680. The van der Waals surface area contributed by atoms with Crippen molar-refractivity contribution < 1.29 is 18.7 Å². The zero-order chi connectivity index (χ0) is 13.8. The number of furan rings is 1. The Morgan fingerprint density at radius 2 is 2.10 bits per heavy atom. The first-order chi connectivity index (χ1) is 9.83. The third-order valence-corrected chi connectivity index (χ3v) is 2.71. The largest absolute Gasteiger partial charge is 0.485 e. The molecule has 1 aliphatic heterocycles. The maximum Gasteiger partial charge on any atom is 0.284 e. The normalized spacial score (nSPS) is 17.1. The molecular weight excluding hydrogens is 260 g/mol. The number of carbonyl (C=O) groups is 1. The maximum atomic E-state index is 11.9. The van der Waals surface area contributed by atoms with Crippen LogP contribution in [0.15, 0.2) is 52.2 Å². The number of benzene rings is 1. The van der Waals surface area contributed by atoms with Crippen LogP contribution in [0.1, 0.15) is 5.76 Å². The van der Waals surface area contributed by atoms with Crippen LogP contribution >= 0.6 is 0 Å². The molecular formula is C14H12N2O4. The summed E-state index contributed by atoms with van der Waals surface area (Å²) in [6.45, 7) is 0.152.